The topological polar surface area (TPSA) is 64.1 Å². The van der Waals surface area contributed by atoms with Gasteiger partial charge >= 0.3 is 0 Å². The molecule has 2 heterocycles. The highest BCUT2D eigenvalue weighted by Crippen LogP contribution is 2.34. The molecule has 0 radical (unpaired) electrons. The zero-order valence-corrected chi connectivity index (χ0v) is 18.7. The molecular weight excluding hydrogens is 438 g/mol. The second kappa shape index (κ2) is 8.95. The molecule has 0 aliphatic carbocycles. The molecule has 2 aromatic heterocycles. The summed E-state index contributed by atoms with van der Waals surface area (Å²) in [6.07, 6.45) is 0.629. The Bertz CT molecular complexity index is 1190. The molecule has 0 atom stereocenters. The molecule has 4 rings (SSSR count). The Morgan fingerprint density at radius 1 is 1.17 bits per heavy atom. The first-order valence-electron chi connectivity index (χ1n) is 9.14. The number of hydrogen-bond donors (Lipinski definition) is 1. The molecule has 2 aromatic carbocycles. The van der Waals surface area contributed by atoms with Crippen LogP contribution >= 0.6 is 34.3 Å². The molecule has 0 bridgehead atoms. The van der Waals surface area contributed by atoms with Crippen molar-refractivity contribution in [2.24, 2.45) is 0 Å². The number of rotatable bonds is 6. The van der Waals surface area contributed by atoms with Crippen molar-refractivity contribution in [2.45, 2.75) is 13.3 Å². The van der Waals surface area contributed by atoms with E-state index in [9.17, 15) is 4.79 Å². The minimum atomic E-state index is -0.178. The molecule has 0 spiro atoms. The Balaban J connectivity index is 1.53. The number of hydrogen-bond acceptors (Lipinski definition) is 6. The van der Waals surface area contributed by atoms with Gasteiger partial charge in [-0.15, -0.1) is 11.3 Å². The molecule has 30 heavy (non-hydrogen) atoms. The molecule has 0 aliphatic rings. The Hall–Kier alpha value is -2.74. The highest BCUT2D eigenvalue weighted by molar-refractivity contribution is 7.19. The van der Waals surface area contributed by atoms with E-state index in [2.05, 4.69) is 10.3 Å². The molecule has 1 amide bonds. The Morgan fingerprint density at radius 2 is 1.97 bits per heavy atom. The third kappa shape index (κ3) is 4.53. The van der Waals surface area contributed by atoms with Gasteiger partial charge in [0, 0.05) is 28.0 Å². The summed E-state index contributed by atoms with van der Waals surface area (Å²) in [7, 11) is 1.64. The molecule has 8 heteroatoms. The second-order valence-corrected chi connectivity index (χ2v) is 8.89. The zero-order valence-electron chi connectivity index (χ0n) is 16.3. The Morgan fingerprint density at radius 3 is 2.73 bits per heavy atom. The van der Waals surface area contributed by atoms with Gasteiger partial charge in [-0.3, -0.25) is 10.1 Å². The molecule has 0 fully saturated rings. The van der Waals surface area contributed by atoms with E-state index in [4.69, 9.17) is 21.3 Å². The Labute approximate surface area is 187 Å². The summed E-state index contributed by atoms with van der Waals surface area (Å²) >= 11 is 9.13. The van der Waals surface area contributed by atoms with E-state index in [1.165, 1.54) is 11.3 Å². The van der Waals surface area contributed by atoms with E-state index >= 15 is 0 Å². The molecule has 5 nitrogen and oxygen atoms in total. The molecule has 0 aliphatic heterocycles. The van der Waals surface area contributed by atoms with Crippen LogP contribution in [0.5, 0.6) is 5.75 Å². The van der Waals surface area contributed by atoms with Crippen LogP contribution in [0.2, 0.25) is 5.02 Å². The van der Waals surface area contributed by atoms with Crippen molar-refractivity contribution in [1.82, 2.24) is 9.97 Å². The predicted molar refractivity (Wildman–Crippen MR) is 123 cm³/mol. The Kier molecular flexibility index (Phi) is 6.13. The van der Waals surface area contributed by atoms with Crippen LogP contribution in [-0.2, 0) is 6.42 Å². The maximum Gasteiger partial charge on any atom is 0.257 e. The number of anilines is 1. The molecule has 0 saturated heterocycles. The smallest absolute Gasteiger partial charge is 0.257 e. The van der Waals surface area contributed by atoms with Crippen LogP contribution in [0.25, 0.3) is 10.6 Å². The largest absolute Gasteiger partial charge is 0.496 e. The number of carbonyl (C=O) groups excluding carboxylic acids is 1. The number of carbonyl (C=O) groups is 1. The van der Waals surface area contributed by atoms with Gasteiger partial charge < -0.3 is 4.74 Å². The van der Waals surface area contributed by atoms with E-state index in [1.54, 1.807) is 30.6 Å². The first-order chi connectivity index (χ1) is 14.5. The van der Waals surface area contributed by atoms with Crippen LogP contribution in [0.15, 0.2) is 53.9 Å². The van der Waals surface area contributed by atoms with E-state index in [1.807, 2.05) is 48.7 Å². The summed E-state index contributed by atoms with van der Waals surface area (Å²) in [4.78, 5) is 22.6. The number of benzene rings is 2. The number of aromatic nitrogens is 2. The third-order valence-corrected chi connectivity index (χ3v) is 6.60. The van der Waals surface area contributed by atoms with Crippen LogP contribution < -0.4 is 10.1 Å². The fourth-order valence-electron chi connectivity index (χ4n) is 2.99. The average molecular weight is 456 g/mol. The number of nitrogens with zero attached hydrogens (tertiary/aromatic N) is 2. The van der Waals surface area contributed by atoms with Gasteiger partial charge in [0.05, 0.1) is 28.4 Å². The predicted octanol–water partition coefficient (Wildman–Crippen LogP) is 6.08. The summed E-state index contributed by atoms with van der Waals surface area (Å²) in [6, 6.07) is 14.7. The lowest BCUT2D eigenvalue weighted by Gasteiger charge is -2.07. The van der Waals surface area contributed by atoms with E-state index in [0.29, 0.717) is 22.1 Å². The molecule has 1 N–H and O–H groups in total. The van der Waals surface area contributed by atoms with Gasteiger partial charge in [-0.25, -0.2) is 9.97 Å². The third-order valence-electron chi connectivity index (χ3n) is 4.42. The number of nitrogens with one attached hydrogen (secondary N) is 1. The van der Waals surface area contributed by atoms with Gasteiger partial charge in [-0.1, -0.05) is 41.1 Å². The van der Waals surface area contributed by atoms with Gasteiger partial charge in [0.2, 0.25) is 0 Å². The van der Waals surface area contributed by atoms with Gasteiger partial charge in [0.1, 0.15) is 5.75 Å². The monoisotopic (exact) mass is 455 g/mol. The number of halogens is 1. The number of ether oxygens (including phenoxy) is 1. The van der Waals surface area contributed by atoms with Crippen molar-refractivity contribution in [2.75, 3.05) is 12.4 Å². The number of thiazole rings is 2. The maximum absolute atomic E-state index is 12.4. The lowest BCUT2D eigenvalue weighted by molar-refractivity contribution is 0.102. The van der Waals surface area contributed by atoms with Crippen LogP contribution in [0, 0.1) is 6.92 Å². The summed E-state index contributed by atoms with van der Waals surface area (Å²) in [6.45, 7) is 1.92. The van der Waals surface area contributed by atoms with Crippen molar-refractivity contribution < 1.29 is 9.53 Å². The summed E-state index contributed by atoms with van der Waals surface area (Å²) in [5.41, 5.74) is 3.27. The van der Waals surface area contributed by atoms with E-state index in [0.717, 1.165) is 32.6 Å². The fourth-order valence-corrected chi connectivity index (χ4v) is 4.99. The molecular formula is C22H18ClN3O2S2. The van der Waals surface area contributed by atoms with Crippen LogP contribution in [-0.4, -0.2) is 23.0 Å². The standard InChI is InChI=1S/C22H18ClN3O2S2/c1-13-20(30-22(24-13)26-21(27)14-6-4-3-5-7-14)17-12-29-19(25-17)11-15-10-16(23)8-9-18(15)28-2/h3-10,12H,11H2,1-2H3,(H,24,26,27). The van der Waals surface area contributed by atoms with Crippen LogP contribution in [0.3, 0.4) is 0 Å². The minimum absolute atomic E-state index is 0.178. The molecule has 4 aromatic rings. The number of aryl methyl sites for hydroxylation is 1. The van der Waals surface area contributed by atoms with Crippen molar-refractivity contribution in [3.05, 3.63) is 80.8 Å². The number of amides is 1. The van der Waals surface area contributed by atoms with Crippen molar-refractivity contribution in [3.8, 4) is 16.3 Å². The number of methoxy groups -OCH3 is 1. The molecule has 152 valence electrons. The quantitative estimate of drug-likeness (QED) is 0.382. The van der Waals surface area contributed by atoms with E-state index < -0.39 is 0 Å². The lowest BCUT2D eigenvalue weighted by Crippen LogP contribution is -2.11. The highest BCUT2D eigenvalue weighted by atomic mass is 35.5. The van der Waals surface area contributed by atoms with Crippen LogP contribution in [0.4, 0.5) is 5.13 Å². The van der Waals surface area contributed by atoms with Crippen LogP contribution in [0.1, 0.15) is 26.6 Å². The fraction of sp³-hybridized carbons (Fsp3) is 0.136. The summed E-state index contributed by atoms with van der Waals surface area (Å²) in [5, 5.41) is 7.06. The first kappa shape index (κ1) is 20.5. The average Bonchev–Trinajstić information content (AvgIpc) is 3.35. The SMILES string of the molecule is COc1ccc(Cl)cc1Cc1nc(-c2sc(NC(=O)c3ccccc3)nc2C)cs1. The van der Waals surface area contributed by atoms with Crippen molar-refractivity contribution in [1.29, 1.82) is 0 Å². The summed E-state index contributed by atoms with van der Waals surface area (Å²) < 4.78 is 5.43. The second-order valence-electron chi connectivity index (χ2n) is 6.51. The normalized spacial score (nSPS) is 10.8. The first-order valence-corrected chi connectivity index (χ1v) is 11.2. The van der Waals surface area contributed by atoms with Gasteiger partial charge in [0.25, 0.3) is 5.91 Å². The van der Waals surface area contributed by atoms with Gasteiger partial charge in [0.15, 0.2) is 5.13 Å². The molecule has 0 unspecified atom stereocenters. The maximum atomic E-state index is 12.4. The highest BCUT2D eigenvalue weighted by Gasteiger charge is 2.16. The molecule has 0 saturated carbocycles. The van der Waals surface area contributed by atoms with Gasteiger partial charge in [-0.2, -0.15) is 0 Å². The summed E-state index contributed by atoms with van der Waals surface area (Å²) in [5.74, 6) is 0.610. The van der Waals surface area contributed by atoms with Crippen molar-refractivity contribution in [3.63, 3.8) is 0 Å². The van der Waals surface area contributed by atoms with Gasteiger partial charge in [-0.05, 0) is 37.3 Å². The zero-order chi connectivity index (χ0) is 21.1. The minimum Gasteiger partial charge on any atom is -0.496 e. The van der Waals surface area contributed by atoms with E-state index in [-0.39, 0.29) is 5.91 Å². The lowest BCUT2D eigenvalue weighted by atomic mass is 10.1. The van der Waals surface area contributed by atoms with Crippen molar-refractivity contribution >= 4 is 45.3 Å².